The van der Waals surface area contributed by atoms with Gasteiger partial charge in [-0.15, -0.1) is 0 Å². The van der Waals surface area contributed by atoms with E-state index in [-0.39, 0.29) is 5.91 Å². The van der Waals surface area contributed by atoms with Crippen molar-refractivity contribution in [1.82, 2.24) is 24.4 Å². The van der Waals surface area contributed by atoms with Crippen LogP contribution >= 0.6 is 0 Å². The summed E-state index contributed by atoms with van der Waals surface area (Å²) in [6.07, 6.45) is 6.31. The second kappa shape index (κ2) is 6.70. The lowest BCUT2D eigenvalue weighted by Gasteiger charge is -2.32. The molecule has 6 heteroatoms. The van der Waals surface area contributed by atoms with E-state index in [2.05, 4.69) is 19.5 Å². The van der Waals surface area contributed by atoms with Crippen molar-refractivity contribution in [2.75, 3.05) is 13.1 Å². The van der Waals surface area contributed by atoms with Crippen molar-refractivity contribution in [2.45, 2.75) is 38.6 Å². The molecular formula is C19H23N5O. The van der Waals surface area contributed by atoms with Gasteiger partial charge in [0.15, 0.2) is 0 Å². The van der Waals surface area contributed by atoms with Crippen molar-refractivity contribution in [1.29, 1.82) is 0 Å². The number of aromatic nitrogens is 4. The number of aryl methyl sites for hydroxylation is 2. The van der Waals surface area contributed by atoms with Crippen LogP contribution in [0.5, 0.6) is 0 Å². The van der Waals surface area contributed by atoms with Crippen LogP contribution in [0.2, 0.25) is 0 Å². The second-order valence-corrected chi connectivity index (χ2v) is 6.81. The molecule has 1 N–H and O–H groups in total. The fourth-order valence-corrected chi connectivity index (χ4v) is 3.63. The molecule has 1 atom stereocenters. The number of hydrogen-bond acceptors (Lipinski definition) is 3. The number of piperidine rings is 1. The first-order chi connectivity index (χ1) is 12.2. The minimum Gasteiger partial charge on any atom is -0.346 e. The molecule has 6 nitrogen and oxygen atoms in total. The van der Waals surface area contributed by atoms with Gasteiger partial charge in [0, 0.05) is 43.9 Å². The number of carbonyl (C=O) groups is 1. The maximum atomic E-state index is 12.7. The van der Waals surface area contributed by atoms with E-state index in [1.54, 1.807) is 0 Å². The largest absolute Gasteiger partial charge is 0.346 e. The molecule has 1 aromatic carbocycles. The summed E-state index contributed by atoms with van der Waals surface area (Å²) in [6.45, 7) is 4.29. The molecule has 0 spiro atoms. The van der Waals surface area contributed by atoms with Crippen molar-refractivity contribution in [3.63, 3.8) is 0 Å². The second-order valence-electron chi connectivity index (χ2n) is 6.81. The SMILES string of the molecule is Cc1cnc(C2CCCN(C(=O)CCn3cnc4ccccc43)C2)[nH]1. The Morgan fingerprint density at radius 1 is 1.32 bits per heavy atom. The van der Waals surface area contributed by atoms with Gasteiger partial charge in [0.05, 0.1) is 17.4 Å². The summed E-state index contributed by atoms with van der Waals surface area (Å²) in [4.78, 5) is 26.8. The molecule has 3 heterocycles. The minimum atomic E-state index is 0.214. The highest BCUT2D eigenvalue weighted by Crippen LogP contribution is 2.25. The number of hydrogen-bond donors (Lipinski definition) is 1. The zero-order chi connectivity index (χ0) is 17.2. The first kappa shape index (κ1) is 15.9. The molecule has 0 aliphatic carbocycles. The number of nitrogens with one attached hydrogen (secondary N) is 1. The third-order valence-corrected chi connectivity index (χ3v) is 4.98. The van der Waals surface area contributed by atoms with Crippen LogP contribution in [0.4, 0.5) is 0 Å². The number of rotatable bonds is 4. The monoisotopic (exact) mass is 337 g/mol. The Bertz CT molecular complexity index is 881. The summed E-state index contributed by atoms with van der Waals surface area (Å²) in [5, 5.41) is 0. The summed E-state index contributed by atoms with van der Waals surface area (Å²) < 4.78 is 2.06. The fourth-order valence-electron chi connectivity index (χ4n) is 3.63. The Hall–Kier alpha value is -2.63. The molecule has 0 bridgehead atoms. The molecular weight excluding hydrogens is 314 g/mol. The Morgan fingerprint density at radius 2 is 2.20 bits per heavy atom. The number of aromatic amines is 1. The maximum Gasteiger partial charge on any atom is 0.224 e. The van der Waals surface area contributed by atoms with Crippen LogP contribution in [0.25, 0.3) is 11.0 Å². The predicted octanol–water partition coefficient (Wildman–Crippen LogP) is 2.86. The molecule has 0 saturated carbocycles. The maximum absolute atomic E-state index is 12.7. The number of fused-ring (bicyclic) bond motifs is 1. The van der Waals surface area contributed by atoms with Crippen molar-refractivity contribution in [2.24, 2.45) is 0 Å². The highest BCUT2D eigenvalue weighted by molar-refractivity contribution is 5.77. The Labute approximate surface area is 146 Å². The third-order valence-electron chi connectivity index (χ3n) is 4.98. The van der Waals surface area contributed by atoms with Crippen LogP contribution in [-0.4, -0.2) is 43.4 Å². The molecule has 2 aromatic heterocycles. The molecule has 25 heavy (non-hydrogen) atoms. The van der Waals surface area contributed by atoms with E-state index in [0.29, 0.717) is 18.9 Å². The predicted molar refractivity (Wildman–Crippen MR) is 96.2 cm³/mol. The highest BCUT2D eigenvalue weighted by atomic mass is 16.2. The van der Waals surface area contributed by atoms with Crippen LogP contribution in [0.3, 0.4) is 0 Å². The van der Waals surface area contributed by atoms with Crippen LogP contribution < -0.4 is 0 Å². The van der Waals surface area contributed by atoms with E-state index < -0.39 is 0 Å². The zero-order valence-corrected chi connectivity index (χ0v) is 14.5. The number of amides is 1. The number of carbonyl (C=O) groups excluding carboxylic acids is 1. The molecule has 1 saturated heterocycles. The van der Waals surface area contributed by atoms with Crippen LogP contribution in [0.1, 0.15) is 36.7 Å². The first-order valence-corrected chi connectivity index (χ1v) is 8.90. The van der Waals surface area contributed by atoms with Gasteiger partial charge in [-0.3, -0.25) is 4.79 Å². The standard InChI is InChI=1S/C19H23N5O/c1-14-11-20-19(22-14)15-5-4-9-23(12-15)18(25)8-10-24-13-21-16-6-2-3-7-17(16)24/h2-3,6-7,11,13,15H,4-5,8-10,12H2,1H3,(H,20,22). The Balaban J connectivity index is 1.39. The van der Waals surface area contributed by atoms with E-state index >= 15 is 0 Å². The number of likely N-dealkylation sites (tertiary alicyclic amines) is 1. The lowest BCUT2D eigenvalue weighted by molar-refractivity contribution is -0.132. The van der Waals surface area contributed by atoms with Crippen molar-refractivity contribution in [3.8, 4) is 0 Å². The van der Waals surface area contributed by atoms with Gasteiger partial charge in [-0.25, -0.2) is 9.97 Å². The summed E-state index contributed by atoms with van der Waals surface area (Å²) in [6, 6.07) is 8.02. The third kappa shape index (κ3) is 3.29. The van der Waals surface area contributed by atoms with E-state index in [0.717, 1.165) is 48.5 Å². The van der Waals surface area contributed by atoms with Gasteiger partial charge in [0.2, 0.25) is 5.91 Å². The average molecular weight is 337 g/mol. The number of para-hydroxylation sites is 2. The first-order valence-electron chi connectivity index (χ1n) is 8.90. The molecule has 1 amide bonds. The smallest absolute Gasteiger partial charge is 0.224 e. The topological polar surface area (TPSA) is 66.8 Å². The molecule has 3 aromatic rings. The van der Waals surface area contributed by atoms with Gasteiger partial charge in [0.1, 0.15) is 5.82 Å². The number of benzene rings is 1. The molecule has 130 valence electrons. The molecule has 0 radical (unpaired) electrons. The van der Waals surface area contributed by atoms with Crippen LogP contribution in [0.15, 0.2) is 36.8 Å². The normalized spacial score (nSPS) is 18.0. The van der Waals surface area contributed by atoms with E-state index in [4.69, 9.17) is 0 Å². The van der Waals surface area contributed by atoms with Crippen molar-refractivity contribution < 1.29 is 4.79 Å². The van der Waals surface area contributed by atoms with Gasteiger partial charge < -0.3 is 14.5 Å². The molecule has 4 rings (SSSR count). The van der Waals surface area contributed by atoms with Gasteiger partial charge in [-0.2, -0.15) is 0 Å². The average Bonchev–Trinajstić information content (AvgIpc) is 3.26. The molecule has 1 fully saturated rings. The minimum absolute atomic E-state index is 0.214. The number of imidazole rings is 2. The van der Waals surface area contributed by atoms with Gasteiger partial charge in [-0.05, 0) is 31.9 Å². The van der Waals surface area contributed by atoms with Gasteiger partial charge in [0.25, 0.3) is 0 Å². The van der Waals surface area contributed by atoms with Crippen LogP contribution in [0, 0.1) is 6.92 Å². The number of H-pyrrole nitrogens is 1. The molecule has 1 aliphatic heterocycles. The van der Waals surface area contributed by atoms with E-state index in [1.807, 2.05) is 48.6 Å². The van der Waals surface area contributed by atoms with E-state index in [1.165, 1.54) is 0 Å². The summed E-state index contributed by atoms with van der Waals surface area (Å²) in [7, 11) is 0. The lowest BCUT2D eigenvalue weighted by atomic mass is 9.97. The summed E-state index contributed by atoms with van der Waals surface area (Å²) >= 11 is 0. The lowest BCUT2D eigenvalue weighted by Crippen LogP contribution is -2.39. The van der Waals surface area contributed by atoms with Gasteiger partial charge in [-0.1, -0.05) is 12.1 Å². The zero-order valence-electron chi connectivity index (χ0n) is 14.5. The van der Waals surface area contributed by atoms with Crippen molar-refractivity contribution in [3.05, 3.63) is 48.3 Å². The summed E-state index contributed by atoms with van der Waals surface area (Å²) in [5.74, 6) is 1.54. The van der Waals surface area contributed by atoms with Gasteiger partial charge >= 0.3 is 0 Å². The number of nitrogens with zero attached hydrogens (tertiary/aromatic N) is 4. The van der Waals surface area contributed by atoms with Crippen LogP contribution in [-0.2, 0) is 11.3 Å². The molecule has 1 aliphatic rings. The van der Waals surface area contributed by atoms with E-state index in [9.17, 15) is 4.79 Å². The summed E-state index contributed by atoms with van der Waals surface area (Å²) in [5.41, 5.74) is 3.13. The van der Waals surface area contributed by atoms with Crippen molar-refractivity contribution >= 4 is 16.9 Å². The quantitative estimate of drug-likeness (QED) is 0.796. The highest BCUT2D eigenvalue weighted by Gasteiger charge is 2.26. The fraction of sp³-hybridized carbons (Fsp3) is 0.421. The Kier molecular flexibility index (Phi) is 4.26. The Morgan fingerprint density at radius 3 is 3.04 bits per heavy atom. The molecule has 1 unspecified atom stereocenters.